The molecule has 1 aromatic heterocycles. The van der Waals surface area contributed by atoms with Gasteiger partial charge in [0.25, 0.3) is 10.0 Å². The summed E-state index contributed by atoms with van der Waals surface area (Å²) in [4.78, 5) is 11.9. The Labute approximate surface area is 151 Å². The number of hydrogen-bond acceptors (Lipinski definition) is 4. The van der Waals surface area contributed by atoms with Crippen molar-refractivity contribution in [1.82, 2.24) is 9.62 Å². The minimum Gasteiger partial charge on any atom is -0.352 e. The monoisotopic (exact) mass is 384 g/mol. The van der Waals surface area contributed by atoms with E-state index in [1.807, 2.05) is 0 Å². The summed E-state index contributed by atoms with van der Waals surface area (Å²) in [5.41, 5.74) is 1.25. The predicted molar refractivity (Wildman–Crippen MR) is 96.4 cm³/mol. The summed E-state index contributed by atoms with van der Waals surface area (Å²) >= 11 is 1.17. The Hall–Kier alpha value is -1.77. The summed E-state index contributed by atoms with van der Waals surface area (Å²) in [5, 5.41) is 4.42. The third kappa shape index (κ3) is 5.35. The molecule has 2 rings (SSSR count). The van der Waals surface area contributed by atoms with Crippen LogP contribution in [0.1, 0.15) is 24.0 Å². The Kier molecular flexibility index (Phi) is 6.69. The first-order valence-electron chi connectivity index (χ1n) is 7.82. The lowest BCUT2D eigenvalue weighted by molar-refractivity contribution is -0.121. The number of benzene rings is 1. The van der Waals surface area contributed by atoms with Gasteiger partial charge in [0, 0.05) is 26.6 Å². The molecule has 0 unspecified atom stereocenters. The van der Waals surface area contributed by atoms with E-state index in [1.165, 1.54) is 28.8 Å². The van der Waals surface area contributed by atoms with Gasteiger partial charge in [-0.2, -0.15) is 0 Å². The normalized spacial score (nSPS) is 11.7. The zero-order valence-electron chi connectivity index (χ0n) is 14.2. The first kappa shape index (κ1) is 19.6. The number of sulfonamides is 1. The highest BCUT2D eigenvalue weighted by atomic mass is 32.2. The van der Waals surface area contributed by atoms with Crippen molar-refractivity contribution in [2.45, 2.75) is 30.5 Å². The number of nitrogens with zero attached hydrogens (tertiary/aromatic N) is 1. The number of rotatable bonds is 8. The number of amides is 1. The molecule has 1 amide bonds. The Morgan fingerprint density at radius 1 is 1.32 bits per heavy atom. The van der Waals surface area contributed by atoms with Crippen molar-refractivity contribution in [3.63, 3.8) is 0 Å². The molecule has 0 aliphatic rings. The van der Waals surface area contributed by atoms with Crippen LogP contribution in [0.2, 0.25) is 0 Å². The van der Waals surface area contributed by atoms with Crippen LogP contribution >= 0.6 is 11.3 Å². The number of aryl methyl sites for hydroxylation is 1. The predicted octanol–water partition coefficient (Wildman–Crippen LogP) is 2.91. The molecule has 5 nitrogen and oxygen atoms in total. The van der Waals surface area contributed by atoms with Crippen LogP contribution < -0.4 is 5.32 Å². The Morgan fingerprint density at radius 3 is 2.72 bits per heavy atom. The Morgan fingerprint density at radius 2 is 2.08 bits per heavy atom. The molecule has 2 aromatic rings. The molecular weight excluding hydrogens is 363 g/mol. The zero-order chi connectivity index (χ0) is 18.4. The number of halogens is 1. The summed E-state index contributed by atoms with van der Waals surface area (Å²) < 4.78 is 39.5. The number of carbonyl (C=O) groups excluding carboxylic acids is 1. The maximum absolute atomic E-state index is 13.4. The standard InChI is InChI=1S/C17H21FN2O3S2/c1-13-7-8-14(11-15(13)18)12-19-16(21)5-3-9-20(2)25(22,23)17-6-4-10-24-17/h4,6-8,10-11H,3,5,9,12H2,1-2H3,(H,19,21). The Bertz CT molecular complexity index is 820. The van der Waals surface area contributed by atoms with Gasteiger partial charge in [0.05, 0.1) is 0 Å². The molecule has 136 valence electrons. The van der Waals surface area contributed by atoms with E-state index >= 15 is 0 Å². The summed E-state index contributed by atoms with van der Waals surface area (Å²) in [7, 11) is -1.98. The van der Waals surface area contributed by atoms with Gasteiger partial charge in [0.15, 0.2) is 0 Å². The van der Waals surface area contributed by atoms with Crippen LogP contribution in [-0.2, 0) is 21.4 Å². The fourth-order valence-electron chi connectivity index (χ4n) is 2.18. The van der Waals surface area contributed by atoms with E-state index in [-0.39, 0.29) is 31.2 Å². The van der Waals surface area contributed by atoms with E-state index in [9.17, 15) is 17.6 Å². The fraction of sp³-hybridized carbons (Fsp3) is 0.353. The molecular formula is C17H21FN2O3S2. The topological polar surface area (TPSA) is 66.5 Å². The molecule has 1 heterocycles. The van der Waals surface area contributed by atoms with Gasteiger partial charge in [-0.15, -0.1) is 11.3 Å². The number of thiophene rings is 1. The van der Waals surface area contributed by atoms with Gasteiger partial charge in [-0.05, 0) is 42.0 Å². The minimum absolute atomic E-state index is 0.192. The van der Waals surface area contributed by atoms with E-state index in [1.54, 1.807) is 36.6 Å². The van der Waals surface area contributed by atoms with Gasteiger partial charge in [-0.3, -0.25) is 4.79 Å². The summed E-state index contributed by atoms with van der Waals surface area (Å²) in [5.74, 6) is -0.491. The van der Waals surface area contributed by atoms with Crippen molar-refractivity contribution >= 4 is 27.3 Å². The van der Waals surface area contributed by atoms with Gasteiger partial charge in [-0.25, -0.2) is 17.1 Å². The van der Waals surface area contributed by atoms with Crippen LogP contribution in [0.3, 0.4) is 0 Å². The van der Waals surface area contributed by atoms with Gasteiger partial charge in [0.1, 0.15) is 10.0 Å². The largest absolute Gasteiger partial charge is 0.352 e. The van der Waals surface area contributed by atoms with Crippen molar-refractivity contribution in [2.75, 3.05) is 13.6 Å². The van der Waals surface area contributed by atoms with E-state index in [4.69, 9.17) is 0 Å². The van der Waals surface area contributed by atoms with Crippen LogP contribution in [0.4, 0.5) is 4.39 Å². The van der Waals surface area contributed by atoms with Crippen LogP contribution in [-0.4, -0.2) is 32.2 Å². The molecule has 25 heavy (non-hydrogen) atoms. The number of nitrogens with one attached hydrogen (secondary N) is 1. The van der Waals surface area contributed by atoms with Crippen molar-refractivity contribution in [2.24, 2.45) is 0 Å². The zero-order valence-corrected chi connectivity index (χ0v) is 15.8. The van der Waals surface area contributed by atoms with E-state index < -0.39 is 10.0 Å². The highest BCUT2D eigenvalue weighted by molar-refractivity contribution is 7.91. The SMILES string of the molecule is Cc1ccc(CNC(=O)CCCN(C)S(=O)(=O)c2cccs2)cc1F. The minimum atomic E-state index is -3.48. The van der Waals surface area contributed by atoms with Gasteiger partial charge < -0.3 is 5.32 Å². The average Bonchev–Trinajstić information content (AvgIpc) is 3.11. The van der Waals surface area contributed by atoms with Crippen molar-refractivity contribution < 1.29 is 17.6 Å². The molecule has 1 N–H and O–H groups in total. The molecule has 0 aliphatic heterocycles. The lowest BCUT2D eigenvalue weighted by Gasteiger charge is -2.15. The number of carbonyl (C=O) groups is 1. The quantitative estimate of drug-likeness (QED) is 0.761. The molecule has 0 fully saturated rings. The van der Waals surface area contributed by atoms with Gasteiger partial charge >= 0.3 is 0 Å². The lowest BCUT2D eigenvalue weighted by Crippen LogP contribution is -2.29. The fourth-order valence-corrected chi connectivity index (χ4v) is 4.59. The molecule has 0 aliphatic carbocycles. The molecule has 0 bridgehead atoms. The third-order valence-corrected chi connectivity index (χ3v) is 6.99. The van der Waals surface area contributed by atoms with E-state index in [0.717, 1.165) is 0 Å². The van der Waals surface area contributed by atoms with Crippen LogP contribution in [0.25, 0.3) is 0 Å². The smallest absolute Gasteiger partial charge is 0.252 e. The maximum atomic E-state index is 13.4. The Balaban J connectivity index is 1.75. The average molecular weight is 384 g/mol. The summed E-state index contributed by atoms with van der Waals surface area (Å²) in [6.07, 6.45) is 0.619. The molecule has 8 heteroatoms. The summed E-state index contributed by atoms with van der Waals surface area (Å²) in [6.45, 7) is 2.19. The second kappa shape index (κ2) is 8.55. The molecule has 0 saturated heterocycles. The highest BCUT2D eigenvalue weighted by Crippen LogP contribution is 2.20. The van der Waals surface area contributed by atoms with Crippen LogP contribution in [0.5, 0.6) is 0 Å². The third-order valence-electron chi connectivity index (χ3n) is 3.76. The maximum Gasteiger partial charge on any atom is 0.252 e. The summed E-state index contributed by atoms with van der Waals surface area (Å²) in [6, 6.07) is 8.08. The molecule has 0 atom stereocenters. The molecule has 0 spiro atoms. The first-order chi connectivity index (χ1) is 11.8. The van der Waals surface area contributed by atoms with Gasteiger partial charge in [0.2, 0.25) is 5.91 Å². The lowest BCUT2D eigenvalue weighted by atomic mass is 10.1. The van der Waals surface area contributed by atoms with Crippen LogP contribution in [0.15, 0.2) is 39.9 Å². The second-order valence-electron chi connectivity index (χ2n) is 5.72. The molecule has 1 aromatic carbocycles. The number of hydrogen-bond donors (Lipinski definition) is 1. The van der Waals surface area contributed by atoms with Crippen molar-refractivity contribution in [1.29, 1.82) is 0 Å². The molecule has 0 saturated carbocycles. The first-order valence-corrected chi connectivity index (χ1v) is 10.1. The highest BCUT2D eigenvalue weighted by Gasteiger charge is 2.21. The van der Waals surface area contributed by atoms with E-state index in [0.29, 0.717) is 21.8 Å². The van der Waals surface area contributed by atoms with Gasteiger partial charge in [-0.1, -0.05) is 18.2 Å². The second-order valence-corrected chi connectivity index (χ2v) is 8.94. The van der Waals surface area contributed by atoms with Crippen LogP contribution in [0, 0.1) is 12.7 Å². The van der Waals surface area contributed by atoms with E-state index in [2.05, 4.69) is 5.32 Å². The molecule has 0 radical (unpaired) electrons. The van der Waals surface area contributed by atoms with Crippen molar-refractivity contribution in [3.8, 4) is 0 Å². The van der Waals surface area contributed by atoms with Crippen molar-refractivity contribution in [3.05, 3.63) is 52.7 Å².